The molecule has 7 rings (SSSR count). The molecule has 1 aromatic carbocycles. The number of esters is 1. The van der Waals surface area contributed by atoms with Gasteiger partial charge in [-0.3, -0.25) is 14.6 Å². The maximum absolute atomic E-state index is 18.4. The third-order valence-electron chi connectivity index (χ3n) is 12.7. The van der Waals surface area contributed by atoms with Gasteiger partial charge in [-0.2, -0.15) is 5.10 Å². The van der Waals surface area contributed by atoms with E-state index in [4.69, 9.17) is 9.47 Å². The molecule has 0 bridgehead atoms. The van der Waals surface area contributed by atoms with Crippen molar-refractivity contribution >= 4 is 34.8 Å². The van der Waals surface area contributed by atoms with Gasteiger partial charge in [-0.05, 0) is 91.3 Å². The lowest BCUT2D eigenvalue weighted by Crippen LogP contribution is -2.70. The van der Waals surface area contributed by atoms with Crippen LogP contribution in [0.15, 0.2) is 60.6 Å². The largest absolute Gasteiger partial charge is 0.447 e. The molecule has 0 spiro atoms. The summed E-state index contributed by atoms with van der Waals surface area (Å²) in [6, 6.07) is 9.87. The van der Waals surface area contributed by atoms with Gasteiger partial charge in [-0.25, -0.2) is 18.3 Å². The van der Waals surface area contributed by atoms with Crippen molar-refractivity contribution < 1.29 is 37.7 Å². The minimum atomic E-state index is -2.07. The molecule has 0 aliphatic heterocycles. The summed E-state index contributed by atoms with van der Waals surface area (Å²) in [5.74, 6) is -2.62. The van der Waals surface area contributed by atoms with Crippen LogP contribution in [0.2, 0.25) is 0 Å². The minimum absolute atomic E-state index is 0.140. The lowest BCUT2D eigenvalue weighted by atomic mass is 9.44. The molecule has 2 unspecified atom stereocenters. The Morgan fingerprint density at radius 2 is 1.96 bits per heavy atom. The van der Waals surface area contributed by atoms with Crippen LogP contribution < -0.4 is 5.32 Å². The lowest BCUT2D eigenvalue weighted by Gasteiger charge is -2.63. The Morgan fingerprint density at radius 3 is 2.69 bits per heavy atom. The average Bonchev–Trinajstić information content (AvgIpc) is 3.62. The first-order valence-corrected chi connectivity index (χ1v) is 18.7. The highest BCUT2D eigenvalue weighted by atomic mass is 32.2. The Morgan fingerprint density at radius 1 is 1.15 bits per heavy atom. The number of aliphatic hydroxyl groups is 1. The van der Waals surface area contributed by atoms with Crippen LogP contribution in [0.25, 0.3) is 11.8 Å². The van der Waals surface area contributed by atoms with Gasteiger partial charge >= 0.3 is 5.97 Å². The van der Waals surface area contributed by atoms with Crippen molar-refractivity contribution in [2.45, 2.75) is 76.8 Å². The summed E-state index contributed by atoms with van der Waals surface area (Å²) in [6.45, 7) is 5.41. The highest BCUT2D eigenvalue weighted by Gasteiger charge is 2.77. The van der Waals surface area contributed by atoms with Crippen LogP contribution in [0.5, 0.6) is 0 Å². The molecule has 1 amide bonds. The van der Waals surface area contributed by atoms with E-state index < -0.39 is 69.7 Å². The van der Waals surface area contributed by atoms with Crippen molar-refractivity contribution in [3.8, 4) is 5.69 Å². The average molecular weight is 735 g/mol. The van der Waals surface area contributed by atoms with E-state index in [-0.39, 0.29) is 18.7 Å². The lowest BCUT2D eigenvalue weighted by molar-refractivity contribution is -0.231. The van der Waals surface area contributed by atoms with Crippen LogP contribution in [0.1, 0.15) is 73.6 Å². The zero-order chi connectivity index (χ0) is 37.1. The number of ether oxygens (including phenoxy) is 2. The van der Waals surface area contributed by atoms with Crippen molar-refractivity contribution in [3.05, 3.63) is 82.9 Å². The van der Waals surface area contributed by atoms with E-state index in [1.165, 1.54) is 7.11 Å². The maximum atomic E-state index is 18.4. The van der Waals surface area contributed by atoms with Crippen LogP contribution in [-0.4, -0.2) is 74.0 Å². The van der Waals surface area contributed by atoms with Crippen LogP contribution in [0.3, 0.4) is 0 Å². The highest BCUT2D eigenvalue weighted by Crippen LogP contribution is 2.72. The van der Waals surface area contributed by atoms with Crippen molar-refractivity contribution in [2.75, 3.05) is 19.7 Å². The molecule has 3 saturated carbocycles. The van der Waals surface area contributed by atoms with Crippen molar-refractivity contribution in [1.82, 2.24) is 20.1 Å². The number of carbonyl (C=O) groups excluding carboxylic acids is 3. The van der Waals surface area contributed by atoms with E-state index in [1.54, 1.807) is 55.3 Å². The summed E-state index contributed by atoms with van der Waals surface area (Å²) >= 11 is 0.447. The first-order chi connectivity index (χ1) is 24.8. The molecule has 52 heavy (non-hydrogen) atoms. The topological polar surface area (TPSA) is 133 Å². The van der Waals surface area contributed by atoms with Crippen LogP contribution in [-0.2, 0) is 32.0 Å². The molecule has 8 atom stereocenters. The number of hydrogen-bond donors (Lipinski definition) is 2. The molecule has 10 nitrogen and oxygen atoms in total. The number of carbonyl (C=O) groups is 3. The number of aliphatic hydroxyl groups excluding tert-OH is 1. The van der Waals surface area contributed by atoms with Crippen LogP contribution >= 0.6 is 11.8 Å². The van der Waals surface area contributed by atoms with E-state index in [2.05, 4.69) is 15.4 Å². The zero-order valence-corrected chi connectivity index (χ0v) is 30.6. The number of hydrogen-bond acceptors (Lipinski definition) is 9. The summed E-state index contributed by atoms with van der Waals surface area (Å²) < 4.78 is 44.8. The summed E-state index contributed by atoms with van der Waals surface area (Å²) in [6.07, 6.45) is 7.06. The molecule has 4 aliphatic carbocycles. The summed E-state index contributed by atoms with van der Waals surface area (Å²) in [5, 5.41) is 19.0. The smallest absolute Gasteiger partial charge is 0.333 e. The molecule has 2 heterocycles. The Kier molecular flexibility index (Phi) is 9.44. The van der Waals surface area contributed by atoms with Crippen molar-refractivity contribution in [1.29, 1.82) is 0 Å². The van der Waals surface area contributed by atoms with E-state index in [9.17, 15) is 23.9 Å². The van der Waals surface area contributed by atoms with E-state index in [1.807, 2.05) is 31.2 Å². The molecule has 2 aromatic heterocycles. The number of allylic oxidation sites excluding steroid dienone is 1. The second-order valence-corrected chi connectivity index (χ2v) is 16.1. The van der Waals surface area contributed by atoms with Gasteiger partial charge in [0, 0.05) is 54.3 Å². The predicted molar refractivity (Wildman–Crippen MR) is 191 cm³/mol. The number of alkyl halides is 2. The van der Waals surface area contributed by atoms with Crippen molar-refractivity contribution in [2.24, 2.45) is 28.6 Å². The zero-order valence-electron chi connectivity index (χ0n) is 29.7. The molecular formula is C39H44F2N4O6S. The first-order valence-electron chi connectivity index (χ1n) is 17.7. The number of fused-ring (bicyclic) bond motifs is 6. The molecule has 4 aliphatic rings. The Balaban J connectivity index is 1.19. The van der Waals surface area contributed by atoms with Gasteiger partial charge in [-0.15, -0.1) is 0 Å². The number of thioether (sulfide) groups is 1. The maximum Gasteiger partial charge on any atom is 0.333 e. The second-order valence-electron chi connectivity index (χ2n) is 15.2. The number of methoxy groups -OCH3 is 1. The van der Waals surface area contributed by atoms with Gasteiger partial charge in [0.1, 0.15) is 18.3 Å². The number of amides is 1. The Labute approximate surface area is 305 Å². The fourth-order valence-electron chi connectivity index (χ4n) is 10.3. The van der Waals surface area contributed by atoms with E-state index >= 15 is 4.39 Å². The summed E-state index contributed by atoms with van der Waals surface area (Å²) in [7, 11) is 1.34. The second kappa shape index (κ2) is 13.5. The number of pyridine rings is 1. The predicted octanol–water partition coefficient (Wildman–Crippen LogP) is 5.80. The number of nitrogens with zero attached hydrogens (tertiary/aromatic N) is 3. The highest BCUT2D eigenvalue weighted by molar-refractivity contribution is 8.13. The standard InChI is InChI=1S/C39H44F2N4O6S/c1-23-13-30-29-11-10-27-15-31-26(20-44-45(31)28-9-5-8-25(14-28)34(48)43-19-24-7-6-12-42-18-24)16-36(27,2)38(29,41)32(46)17-37(30,3)39(23,35(49)52-22-40)51-33(47)21-50-4/h5-9,12,14-15,18,20,23,29-30,32,46H,10-11,13,16-17,19,21-22H2,1-4H3,(H,43,48)/t23-,29+,30+,32?,36+,37?,38+,39+/m1/s1. The quantitative estimate of drug-likeness (QED) is 0.262. The van der Waals surface area contributed by atoms with Gasteiger partial charge in [0.15, 0.2) is 5.60 Å². The molecule has 276 valence electrons. The number of halogens is 2. The van der Waals surface area contributed by atoms with Gasteiger partial charge in [0.2, 0.25) is 5.12 Å². The fourth-order valence-corrected chi connectivity index (χ4v) is 11.1. The Hall–Kier alpha value is -3.94. The molecule has 2 N–H and O–H groups in total. The molecule has 3 fully saturated rings. The fraction of sp³-hybridized carbons (Fsp3) is 0.513. The first kappa shape index (κ1) is 36.4. The van der Waals surface area contributed by atoms with Gasteiger partial charge in [0.25, 0.3) is 5.91 Å². The summed E-state index contributed by atoms with van der Waals surface area (Å²) in [4.78, 5) is 43.9. The third kappa shape index (κ3) is 5.36. The SMILES string of the molecule is COCC(=O)O[C@]1(C(=O)SCF)[C@H](C)C[C@H]2[C@@H]3CCC4=Cc5c(cnn5-c5cccc(C(=O)NCc6cccnc6)c5)C[C@]4(C)[C@@]3(F)C(O)CC21C. The Bertz CT molecular complexity index is 1920. The van der Waals surface area contributed by atoms with Gasteiger partial charge < -0.3 is 19.9 Å². The normalized spacial score (nSPS) is 33.2. The van der Waals surface area contributed by atoms with Crippen LogP contribution in [0, 0.1) is 28.6 Å². The van der Waals surface area contributed by atoms with Crippen molar-refractivity contribution in [3.63, 3.8) is 0 Å². The molecule has 13 heteroatoms. The monoisotopic (exact) mass is 734 g/mol. The van der Waals surface area contributed by atoms with E-state index in [0.717, 1.165) is 22.4 Å². The number of benzene rings is 1. The van der Waals surface area contributed by atoms with Gasteiger partial charge in [0.05, 0.1) is 23.7 Å². The van der Waals surface area contributed by atoms with Crippen LogP contribution in [0.4, 0.5) is 8.78 Å². The summed E-state index contributed by atoms with van der Waals surface area (Å²) in [5.41, 5.74) is -1.56. The molecular weight excluding hydrogens is 691 g/mol. The molecule has 3 aromatic rings. The number of aromatic nitrogens is 3. The van der Waals surface area contributed by atoms with Gasteiger partial charge in [-0.1, -0.05) is 38.5 Å². The minimum Gasteiger partial charge on any atom is -0.447 e. The molecule has 0 radical (unpaired) electrons. The molecule has 0 saturated heterocycles. The number of rotatable bonds is 9. The number of nitrogens with one attached hydrogen (secondary N) is 1. The third-order valence-corrected chi connectivity index (χ3v) is 13.3. The van der Waals surface area contributed by atoms with E-state index in [0.29, 0.717) is 48.8 Å².